The lowest BCUT2D eigenvalue weighted by atomic mass is 10.1. The number of guanidine groups is 1. The predicted octanol–water partition coefficient (Wildman–Crippen LogP) is 1.22. The molecule has 1 heterocycles. The van der Waals surface area contributed by atoms with E-state index in [-0.39, 0.29) is 0 Å². The van der Waals surface area contributed by atoms with Crippen LogP contribution in [0.4, 0.5) is 0 Å². The zero-order valence-corrected chi connectivity index (χ0v) is 10.8. The van der Waals surface area contributed by atoms with E-state index < -0.39 is 6.10 Å². The van der Waals surface area contributed by atoms with Crippen molar-refractivity contribution in [2.24, 2.45) is 4.99 Å². The van der Waals surface area contributed by atoms with E-state index in [9.17, 15) is 5.11 Å². The summed E-state index contributed by atoms with van der Waals surface area (Å²) in [4.78, 5) is 4.31. The van der Waals surface area contributed by atoms with E-state index in [1.165, 1.54) is 5.56 Å². The van der Waals surface area contributed by atoms with Crippen LogP contribution in [-0.4, -0.2) is 30.7 Å². The van der Waals surface area contributed by atoms with E-state index in [4.69, 9.17) is 0 Å². The van der Waals surface area contributed by atoms with E-state index in [1.54, 1.807) is 0 Å². The second-order valence-electron chi connectivity index (χ2n) is 4.50. The van der Waals surface area contributed by atoms with Crippen molar-refractivity contribution in [3.05, 3.63) is 35.4 Å². The molecule has 98 valence electrons. The molecule has 18 heavy (non-hydrogen) atoms. The van der Waals surface area contributed by atoms with E-state index in [0.717, 1.165) is 37.5 Å². The first-order chi connectivity index (χ1) is 8.79. The third-order valence-electron chi connectivity index (χ3n) is 3.13. The number of aliphatic hydroxyl groups is 1. The number of nitrogens with zero attached hydrogens (tertiary/aromatic N) is 1. The Bertz CT molecular complexity index is 400. The quantitative estimate of drug-likeness (QED) is 0.750. The average molecular weight is 247 g/mol. The van der Waals surface area contributed by atoms with Crippen molar-refractivity contribution in [2.75, 3.05) is 19.6 Å². The van der Waals surface area contributed by atoms with Crippen LogP contribution >= 0.6 is 0 Å². The van der Waals surface area contributed by atoms with Gasteiger partial charge in [-0.15, -0.1) is 0 Å². The van der Waals surface area contributed by atoms with E-state index in [0.29, 0.717) is 6.54 Å². The van der Waals surface area contributed by atoms with Crippen molar-refractivity contribution in [2.45, 2.75) is 25.9 Å². The molecule has 1 atom stereocenters. The van der Waals surface area contributed by atoms with E-state index >= 15 is 0 Å². The maximum absolute atomic E-state index is 10.1. The molecule has 0 aromatic heterocycles. The van der Waals surface area contributed by atoms with Gasteiger partial charge < -0.3 is 15.7 Å². The van der Waals surface area contributed by atoms with Crippen LogP contribution in [0.2, 0.25) is 0 Å². The molecular weight excluding hydrogens is 226 g/mol. The molecule has 0 spiro atoms. The Hall–Kier alpha value is -1.55. The van der Waals surface area contributed by atoms with Gasteiger partial charge in [0.15, 0.2) is 5.96 Å². The molecule has 3 N–H and O–H groups in total. The zero-order chi connectivity index (χ0) is 12.8. The van der Waals surface area contributed by atoms with Crippen LogP contribution in [0.5, 0.6) is 0 Å². The third kappa shape index (κ3) is 3.47. The van der Waals surface area contributed by atoms with Crippen molar-refractivity contribution in [3.8, 4) is 0 Å². The summed E-state index contributed by atoms with van der Waals surface area (Å²) in [6, 6.07) is 8.10. The summed E-state index contributed by atoms with van der Waals surface area (Å²) in [6.07, 6.45) is 1.60. The number of hydrogen-bond acceptors (Lipinski definition) is 4. The van der Waals surface area contributed by atoms with Gasteiger partial charge in [0.1, 0.15) is 0 Å². The molecule has 0 saturated heterocycles. The van der Waals surface area contributed by atoms with Gasteiger partial charge in [-0.3, -0.25) is 4.99 Å². The normalized spacial score (nSPS) is 16.7. The van der Waals surface area contributed by atoms with Crippen LogP contribution in [0.1, 0.15) is 30.6 Å². The van der Waals surface area contributed by atoms with Gasteiger partial charge >= 0.3 is 0 Å². The molecule has 2 rings (SSSR count). The SMILES string of the molecule is CCc1ccc(C(O)CNC2=NCCCN2)cc1. The van der Waals surface area contributed by atoms with Crippen LogP contribution in [0.25, 0.3) is 0 Å². The van der Waals surface area contributed by atoms with E-state index in [2.05, 4.69) is 34.7 Å². The molecule has 1 aromatic rings. The van der Waals surface area contributed by atoms with Gasteiger partial charge in [0.2, 0.25) is 0 Å². The highest BCUT2D eigenvalue weighted by Crippen LogP contribution is 2.13. The second-order valence-corrected chi connectivity index (χ2v) is 4.50. The Balaban J connectivity index is 1.86. The lowest BCUT2D eigenvalue weighted by Gasteiger charge is -2.18. The first-order valence-electron chi connectivity index (χ1n) is 6.58. The third-order valence-corrected chi connectivity index (χ3v) is 3.13. The minimum absolute atomic E-state index is 0.483. The van der Waals surface area contributed by atoms with E-state index in [1.807, 2.05) is 12.1 Å². The predicted molar refractivity (Wildman–Crippen MR) is 73.7 cm³/mol. The van der Waals surface area contributed by atoms with Crippen molar-refractivity contribution in [1.29, 1.82) is 0 Å². The summed E-state index contributed by atoms with van der Waals surface area (Å²) in [6.45, 7) is 4.42. The van der Waals surface area contributed by atoms with Gasteiger partial charge in [-0.25, -0.2) is 0 Å². The summed E-state index contributed by atoms with van der Waals surface area (Å²) in [7, 11) is 0. The molecule has 0 amide bonds. The molecule has 1 aliphatic rings. The van der Waals surface area contributed by atoms with Gasteiger partial charge in [0.25, 0.3) is 0 Å². The maximum atomic E-state index is 10.1. The number of nitrogens with one attached hydrogen (secondary N) is 2. The molecular formula is C14H21N3O. The first kappa shape index (κ1) is 12.9. The van der Waals surface area contributed by atoms with Gasteiger partial charge in [0, 0.05) is 19.6 Å². The van der Waals surface area contributed by atoms with Gasteiger partial charge in [0.05, 0.1) is 6.10 Å². The van der Waals surface area contributed by atoms with Crippen LogP contribution < -0.4 is 10.6 Å². The maximum Gasteiger partial charge on any atom is 0.191 e. The van der Waals surface area contributed by atoms with Crippen LogP contribution in [0.3, 0.4) is 0 Å². The van der Waals surface area contributed by atoms with Gasteiger partial charge in [-0.2, -0.15) is 0 Å². The van der Waals surface area contributed by atoms with Gasteiger partial charge in [-0.1, -0.05) is 31.2 Å². The van der Waals surface area contributed by atoms with Crippen molar-refractivity contribution >= 4 is 5.96 Å². The number of rotatable bonds is 4. The smallest absolute Gasteiger partial charge is 0.191 e. The monoisotopic (exact) mass is 247 g/mol. The van der Waals surface area contributed by atoms with Crippen molar-refractivity contribution < 1.29 is 5.11 Å². The number of aliphatic imine (C=N–C) groups is 1. The molecule has 0 saturated carbocycles. The number of aryl methyl sites for hydroxylation is 1. The summed E-state index contributed by atoms with van der Waals surface area (Å²) in [5, 5.41) is 16.4. The Morgan fingerprint density at radius 2 is 2.17 bits per heavy atom. The van der Waals surface area contributed by atoms with Crippen molar-refractivity contribution in [1.82, 2.24) is 10.6 Å². The topological polar surface area (TPSA) is 56.6 Å². The number of benzene rings is 1. The number of hydrogen-bond donors (Lipinski definition) is 3. The highest BCUT2D eigenvalue weighted by atomic mass is 16.3. The molecule has 0 radical (unpaired) electrons. The lowest BCUT2D eigenvalue weighted by molar-refractivity contribution is 0.180. The standard InChI is InChI=1S/C14H21N3O/c1-2-11-4-6-12(7-5-11)13(18)10-17-14-15-8-3-9-16-14/h4-7,13,18H,2-3,8-10H2,1H3,(H2,15,16,17). The highest BCUT2D eigenvalue weighted by molar-refractivity contribution is 5.80. The largest absolute Gasteiger partial charge is 0.387 e. The molecule has 0 aliphatic carbocycles. The fourth-order valence-electron chi connectivity index (χ4n) is 1.94. The fraction of sp³-hybridized carbons (Fsp3) is 0.500. The second kappa shape index (κ2) is 6.40. The summed E-state index contributed by atoms with van der Waals surface area (Å²) >= 11 is 0. The molecule has 4 heteroatoms. The van der Waals surface area contributed by atoms with Crippen molar-refractivity contribution in [3.63, 3.8) is 0 Å². The van der Waals surface area contributed by atoms with Crippen LogP contribution in [-0.2, 0) is 6.42 Å². The number of aliphatic hydroxyl groups excluding tert-OH is 1. The molecule has 1 aromatic carbocycles. The Kier molecular flexibility index (Phi) is 4.59. The Morgan fingerprint density at radius 3 is 2.78 bits per heavy atom. The van der Waals surface area contributed by atoms with Crippen LogP contribution in [0, 0.1) is 0 Å². The average Bonchev–Trinajstić information content (AvgIpc) is 2.46. The Labute approximate surface area is 108 Å². The Morgan fingerprint density at radius 1 is 1.39 bits per heavy atom. The molecule has 1 unspecified atom stereocenters. The molecule has 0 fully saturated rings. The minimum atomic E-state index is -0.498. The first-order valence-corrected chi connectivity index (χ1v) is 6.58. The molecule has 0 bridgehead atoms. The van der Waals surface area contributed by atoms with Gasteiger partial charge in [-0.05, 0) is 24.0 Å². The minimum Gasteiger partial charge on any atom is -0.387 e. The highest BCUT2D eigenvalue weighted by Gasteiger charge is 2.09. The summed E-state index contributed by atoms with van der Waals surface area (Å²) in [5.41, 5.74) is 2.23. The lowest BCUT2D eigenvalue weighted by Crippen LogP contribution is -2.42. The summed E-state index contributed by atoms with van der Waals surface area (Å²) < 4.78 is 0. The fourth-order valence-corrected chi connectivity index (χ4v) is 1.94. The van der Waals surface area contributed by atoms with Crippen LogP contribution in [0.15, 0.2) is 29.3 Å². The molecule has 4 nitrogen and oxygen atoms in total. The molecule has 1 aliphatic heterocycles. The zero-order valence-electron chi connectivity index (χ0n) is 10.8. The summed E-state index contributed by atoms with van der Waals surface area (Å²) in [5.74, 6) is 0.797.